The lowest BCUT2D eigenvalue weighted by atomic mass is 9.83. The third-order valence-electron chi connectivity index (χ3n) is 3.83. The minimum absolute atomic E-state index is 0. The summed E-state index contributed by atoms with van der Waals surface area (Å²) in [6.07, 6.45) is -34.4. The van der Waals surface area contributed by atoms with Crippen LogP contribution in [0.25, 0.3) is 0 Å². The lowest BCUT2D eigenvalue weighted by Crippen LogP contribution is -2.55. The molecule has 0 fully saturated rings. The Morgan fingerprint density at radius 1 is 0.697 bits per heavy atom. The summed E-state index contributed by atoms with van der Waals surface area (Å²) in [6, 6.07) is 0. The first-order valence-corrected chi connectivity index (χ1v) is 10.4. The first-order chi connectivity index (χ1) is 13.6. The Morgan fingerprint density at radius 2 is 1.06 bits per heavy atom. The molecule has 2 unspecified atom stereocenters. The molecule has 0 heterocycles. The van der Waals surface area contributed by atoms with Crippen molar-refractivity contribution in [2.24, 2.45) is 11.8 Å². The number of hydrogen-bond acceptors (Lipinski definition) is 6. The van der Waals surface area contributed by atoms with Crippen molar-refractivity contribution in [1.29, 1.82) is 0 Å². The number of halogens is 13. The van der Waals surface area contributed by atoms with Crippen molar-refractivity contribution in [1.82, 2.24) is 6.15 Å². The maximum atomic E-state index is 13.7. The van der Waals surface area contributed by atoms with Gasteiger partial charge >= 0.3 is 35.1 Å². The van der Waals surface area contributed by atoms with Crippen LogP contribution in [0, 0.1) is 11.8 Å². The quantitative estimate of drug-likeness (QED) is 0.306. The summed E-state index contributed by atoms with van der Waals surface area (Å²) >= 11 is 0. The van der Waals surface area contributed by atoms with Crippen molar-refractivity contribution in [2.75, 3.05) is 5.75 Å². The number of rotatable bonds is 9. The van der Waals surface area contributed by atoms with Gasteiger partial charge in [-0.3, -0.25) is 4.55 Å². The van der Waals surface area contributed by atoms with Crippen LogP contribution in [0.4, 0.5) is 57.1 Å². The molecule has 7 nitrogen and oxygen atoms in total. The molecule has 0 aliphatic rings. The minimum atomic E-state index is -7.00. The van der Waals surface area contributed by atoms with Gasteiger partial charge in [-0.1, -0.05) is 0 Å². The second kappa shape index (κ2) is 10.2. The molecule has 0 aliphatic carbocycles. The zero-order chi connectivity index (χ0) is 26.2. The van der Waals surface area contributed by atoms with Gasteiger partial charge in [-0.25, -0.2) is 4.39 Å². The fraction of sp³-hybridized carbons (Fsp3) is 1.00. The highest BCUT2D eigenvalue weighted by molar-refractivity contribution is 7.97. The van der Waals surface area contributed by atoms with Crippen molar-refractivity contribution >= 4 is 20.5 Å². The van der Waals surface area contributed by atoms with Crippen LogP contribution < -0.4 is 6.15 Å². The van der Waals surface area contributed by atoms with E-state index in [1.165, 1.54) is 0 Å². The summed E-state index contributed by atoms with van der Waals surface area (Å²) in [5.41, 5.74) is -6.56. The average molecular weight is 567 g/mol. The summed E-state index contributed by atoms with van der Waals surface area (Å²) in [7, 11) is -11.4. The van der Waals surface area contributed by atoms with Gasteiger partial charge in [0.15, 0.2) is 0 Å². The Labute approximate surface area is 176 Å². The molecule has 0 aromatic rings. The molecule has 0 radical (unpaired) electrons. The number of hydrogen-bond donors (Lipinski definition) is 2. The van der Waals surface area contributed by atoms with Crippen LogP contribution in [-0.2, 0) is 24.1 Å². The Morgan fingerprint density at radius 3 is 1.33 bits per heavy atom. The molecule has 0 saturated carbocycles. The lowest BCUT2D eigenvalue weighted by molar-refractivity contribution is -0.353. The SMILES string of the molecule is N.O=S(=O)(O)OS(=O)(=O)CCC(CC(CC(F)(C(F)(F)F)C(F)(F)F)C(F)(F)F)C(F)(F)F. The molecule has 0 saturated heterocycles. The van der Waals surface area contributed by atoms with E-state index in [4.69, 9.17) is 4.55 Å². The average Bonchev–Trinajstić information content (AvgIpc) is 2.42. The largest absolute Gasteiger partial charge is 0.431 e. The third kappa shape index (κ3) is 10.3. The van der Waals surface area contributed by atoms with Crippen LogP contribution >= 0.6 is 0 Å². The molecular formula is C11H14F13NO6S2. The van der Waals surface area contributed by atoms with Gasteiger partial charge in [0.05, 0.1) is 17.6 Å². The maximum Gasteiger partial charge on any atom is 0.431 e. The predicted octanol–water partition coefficient (Wildman–Crippen LogP) is 4.66. The second-order valence-corrected chi connectivity index (χ2v) is 9.18. The van der Waals surface area contributed by atoms with Crippen LogP contribution in [0.5, 0.6) is 0 Å². The van der Waals surface area contributed by atoms with E-state index in [9.17, 15) is 73.9 Å². The fourth-order valence-corrected chi connectivity index (χ4v) is 4.17. The van der Waals surface area contributed by atoms with Gasteiger partial charge in [-0.05, 0) is 12.8 Å². The summed E-state index contributed by atoms with van der Waals surface area (Å²) in [5, 5.41) is 0. The van der Waals surface area contributed by atoms with Crippen LogP contribution in [0.1, 0.15) is 19.3 Å². The smallest absolute Gasteiger partial charge is 0.344 e. The van der Waals surface area contributed by atoms with Crippen LogP contribution in [0.15, 0.2) is 0 Å². The zero-order valence-corrected chi connectivity index (χ0v) is 17.0. The van der Waals surface area contributed by atoms with Gasteiger partial charge in [0, 0.05) is 6.42 Å². The van der Waals surface area contributed by atoms with Gasteiger partial charge in [-0.2, -0.15) is 69.5 Å². The molecule has 33 heavy (non-hydrogen) atoms. The monoisotopic (exact) mass is 567 g/mol. The first kappa shape index (κ1) is 34.0. The molecular weight excluding hydrogens is 553 g/mol. The van der Waals surface area contributed by atoms with Crippen molar-refractivity contribution in [3.8, 4) is 0 Å². The van der Waals surface area contributed by atoms with Crippen molar-refractivity contribution < 1.29 is 82.1 Å². The lowest BCUT2D eigenvalue weighted by Gasteiger charge is -2.35. The normalized spacial score (nSPS) is 16.8. The molecule has 0 amide bonds. The molecule has 0 rings (SSSR count). The molecule has 0 spiro atoms. The molecule has 0 aromatic heterocycles. The maximum absolute atomic E-state index is 13.7. The van der Waals surface area contributed by atoms with Gasteiger partial charge in [0.1, 0.15) is 0 Å². The van der Waals surface area contributed by atoms with Gasteiger partial charge < -0.3 is 6.15 Å². The Bertz CT molecular complexity index is 830. The van der Waals surface area contributed by atoms with E-state index in [0.717, 1.165) is 0 Å². The molecule has 202 valence electrons. The third-order valence-corrected chi connectivity index (χ3v) is 6.08. The second-order valence-electron chi connectivity index (χ2n) is 6.26. The summed E-state index contributed by atoms with van der Waals surface area (Å²) in [5.74, 6) is -9.90. The molecule has 0 aliphatic heterocycles. The van der Waals surface area contributed by atoms with E-state index in [1.54, 1.807) is 0 Å². The minimum Gasteiger partial charge on any atom is -0.344 e. The zero-order valence-electron chi connectivity index (χ0n) is 15.4. The Kier molecular flexibility index (Phi) is 10.6. The highest BCUT2D eigenvalue weighted by atomic mass is 32.3. The van der Waals surface area contributed by atoms with E-state index in [-0.39, 0.29) is 6.15 Å². The highest BCUT2D eigenvalue weighted by Gasteiger charge is 2.74. The molecule has 0 aromatic carbocycles. The summed E-state index contributed by atoms with van der Waals surface area (Å²) < 4.78 is 221. The predicted molar refractivity (Wildman–Crippen MR) is 80.3 cm³/mol. The van der Waals surface area contributed by atoms with Crippen LogP contribution in [0.2, 0.25) is 0 Å². The van der Waals surface area contributed by atoms with Gasteiger partial charge in [0.2, 0.25) is 0 Å². The highest BCUT2D eigenvalue weighted by Crippen LogP contribution is 2.53. The fourth-order valence-electron chi connectivity index (χ4n) is 2.27. The van der Waals surface area contributed by atoms with E-state index in [2.05, 4.69) is 3.63 Å². The Hall–Kier alpha value is -1.13. The van der Waals surface area contributed by atoms with Gasteiger partial charge in [0.25, 0.3) is 15.8 Å². The molecule has 22 heteroatoms. The summed E-state index contributed by atoms with van der Waals surface area (Å²) in [6.45, 7) is 0. The van der Waals surface area contributed by atoms with Crippen LogP contribution in [-0.4, -0.2) is 57.5 Å². The topological polar surface area (TPSA) is 133 Å². The molecule has 2 atom stereocenters. The molecule has 4 N–H and O–H groups in total. The van der Waals surface area contributed by atoms with E-state index < -0.39 is 87.7 Å². The van der Waals surface area contributed by atoms with Crippen molar-refractivity contribution in [3.63, 3.8) is 0 Å². The Balaban J connectivity index is 0. The number of alkyl halides is 13. The van der Waals surface area contributed by atoms with E-state index in [0.29, 0.717) is 0 Å². The van der Waals surface area contributed by atoms with Crippen molar-refractivity contribution in [2.45, 2.75) is 49.6 Å². The first-order valence-electron chi connectivity index (χ1n) is 7.49. The van der Waals surface area contributed by atoms with Gasteiger partial charge in [-0.15, -0.1) is 3.63 Å². The van der Waals surface area contributed by atoms with E-state index >= 15 is 0 Å². The van der Waals surface area contributed by atoms with Crippen molar-refractivity contribution in [3.05, 3.63) is 0 Å². The summed E-state index contributed by atoms with van der Waals surface area (Å²) in [4.78, 5) is 0. The van der Waals surface area contributed by atoms with Crippen LogP contribution in [0.3, 0.4) is 0 Å². The standard InChI is InChI=1S/C11H11F13O6S2.H3N/c12-7(10(19,20)21,11(22,23)24)4-6(9(16,17)18)3-5(8(13,14)15)1-2-31(25,26)30-32(27,28)29;/h5-6H,1-4H2,(H,27,28,29);1H3. The molecule has 0 bridgehead atoms. The van der Waals surface area contributed by atoms with E-state index in [1.807, 2.05) is 0 Å².